The molecule has 13 heavy (non-hydrogen) atoms. The second-order valence-corrected chi connectivity index (χ2v) is 3.87. The lowest BCUT2D eigenvalue weighted by molar-refractivity contribution is -0.222. The summed E-state index contributed by atoms with van der Waals surface area (Å²) in [5.74, 6) is -1.13. The molecule has 0 aromatic carbocycles. The predicted octanol–water partition coefficient (Wildman–Crippen LogP) is 0.755. The molecule has 6 heteroatoms. The van der Waals surface area contributed by atoms with Crippen molar-refractivity contribution in [1.82, 2.24) is 5.32 Å². The second-order valence-electron chi connectivity index (χ2n) is 3.87. The molecule has 0 atom stereocenters. The number of carbonyl (C=O) groups is 1. The zero-order valence-corrected chi connectivity index (χ0v) is 6.61. The molecule has 3 fully saturated rings. The van der Waals surface area contributed by atoms with Gasteiger partial charge in [0, 0.05) is 6.54 Å². The van der Waals surface area contributed by atoms with Gasteiger partial charge in [0.05, 0.1) is 5.41 Å². The molecule has 2 saturated heterocycles. The molecule has 1 aliphatic carbocycles. The van der Waals surface area contributed by atoms with Crippen molar-refractivity contribution in [3.63, 3.8) is 0 Å². The Morgan fingerprint density at radius 2 is 1.92 bits per heavy atom. The number of nitrogens with one attached hydrogen (secondary N) is 1. The van der Waals surface area contributed by atoms with Crippen molar-refractivity contribution in [2.75, 3.05) is 6.54 Å². The number of rotatable bonds is 1. The molecule has 2 bridgehead atoms. The van der Waals surface area contributed by atoms with Crippen LogP contribution in [0, 0.1) is 5.41 Å². The van der Waals surface area contributed by atoms with E-state index >= 15 is 0 Å². The van der Waals surface area contributed by atoms with Gasteiger partial charge in [-0.3, -0.25) is 4.79 Å². The lowest BCUT2D eigenvalue weighted by Crippen LogP contribution is -2.60. The first-order valence-corrected chi connectivity index (χ1v) is 3.87. The third kappa shape index (κ3) is 0.864. The van der Waals surface area contributed by atoms with Crippen molar-refractivity contribution in [2.24, 2.45) is 5.41 Å². The highest BCUT2D eigenvalue weighted by Gasteiger charge is 2.75. The average molecular weight is 195 g/mol. The Morgan fingerprint density at radius 3 is 2.15 bits per heavy atom. The van der Waals surface area contributed by atoms with Gasteiger partial charge < -0.3 is 10.4 Å². The molecule has 74 valence electrons. The maximum absolute atomic E-state index is 12.4. The number of halogens is 3. The number of fused-ring (bicyclic) bond motifs is 1. The number of carboxylic acid groups (broad SMARTS) is 1. The van der Waals surface area contributed by atoms with Crippen molar-refractivity contribution >= 4 is 5.97 Å². The Morgan fingerprint density at radius 1 is 1.38 bits per heavy atom. The van der Waals surface area contributed by atoms with Crippen molar-refractivity contribution in [2.45, 2.75) is 24.6 Å². The zero-order valence-electron chi connectivity index (χ0n) is 6.61. The van der Waals surface area contributed by atoms with Gasteiger partial charge >= 0.3 is 12.1 Å². The Hall–Kier alpha value is -0.780. The van der Waals surface area contributed by atoms with E-state index in [4.69, 9.17) is 5.11 Å². The van der Waals surface area contributed by atoms with E-state index in [1.54, 1.807) is 0 Å². The summed E-state index contributed by atoms with van der Waals surface area (Å²) in [7, 11) is 0. The fraction of sp³-hybridized carbons (Fsp3) is 0.857. The van der Waals surface area contributed by atoms with E-state index in [1.807, 2.05) is 0 Å². The molecule has 3 nitrogen and oxygen atoms in total. The highest BCUT2D eigenvalue weighted by Crippen LogP contribution is 2.60. The minimum Gasteiger partial charge on any atom is -0.481 e. The van der Waals surface area contributed by atoms with Crippen LogP contribution in [0.15, 0.2) is 0 Å². The van der Waals surface area contributed by atoms with Crippen LogP contribution < -0.4 is 5.32 Å². The van der Waals surface area contributed by atoms with Crippen LogP contribution in [-0.4, -0.2) is 29.3 Å². The first kappa shape index (κ1) is 8.80. The summed E-state index contributed by atoms with van der Waals surface area (Å²) in [6.45, 7) is -0.0676. The molecular formula is C7H8F3NO2. The molecule has 1 saturated carbocycles. The predicted molar refractivity (Wildman–Crippen MR) is 36.1 cm³/mol. The number of aliphatic carboxylic acids is 1. The third-order valence-electron chi connectivity index (χ3n) is 3.04. The SMILES string of the molecule is O=C(O)C12CNC(C(F)(F)F)(C1)C2. The third-order valence-corrected chi connectivity index (χ3v) is 3.04. The van der Waals surface area contributed by atoms with Crippen LogP contribution >= 0.6 is 0 Å². The Balaban J connectivity index is 2.20. The summed E-state index contributed by atoms with van der Waals surface area (Å²) in [5, 5.41) is 10.9. The molecule has 0 aromatic heterocycles. The molecule has 0 aromatic rings. The summed E-state index contributed by atoms with van der Waals surface area (Å²) in [6.07, 6.45) is -4.97. The Labute approximate surface area is 71.9 Å². The van der Waals surface area contributed by atoms with Gasteiger partial charge in [-0.1, -0.05) is 0 Å². The molecule has 2 heterocycles. The average Bonchev–Trinajstić information content (AvgIpc) is 2.34. The van der Waals surface area contributed by atoms with E-state index in [0.29, 0.717) is 0 Å². The van der Waals surface area contributed by atoms with E-state index in [2.05, 4.69) is 5.32 Å². The fourth-order valence-corrected chi connectivity index (χ4v) is 2.22. The summed E-state index contributed by atoms with van der Waals surface area (Å²) >= 11 is 0. The maximum Gasteiger partial charge on any atom is 0.406 e. The van der Waals surface area contributed by atoms with E-state index in [1.165, 1.54) is 0 Å². The van der Waals surface area contributed by atoms with Crippen LogP contribution in [0.4, 0.5) is 13.2 Å². The highest BCUT2D eigenvalue weighted by atomic mass is 19.4. The molecule has 0 radical (unpaired) electrons. The standard InChI is InChI=1S/C7H8F3NO2/c8-7(9,10)6-1-5(2-6,3-11-6)4(12)13/h11H,1-3H2,(H,12,13). The summed E-state index contributed by atoms with van der Waals surface area (Å²) < 4.78 is 37.1. The second kappa shape index (κ2) is 2.00. The summed E-state index contributed by atoms with van der Waals surface area (Å²) in [5.41, 5.74) is -3.07. The minimum atomic E-state index is -4.33. The molecule has 2 N–H and O–H groups in total. The zero-order chi connectivity index (χ0) is 9.91. The van der Waals surface area contributed by atoms with Crippen LogP contribution in [0.2, 0.25) is 0 Å². The molecule has 3 rings (SSSR count). The Bertz CT molecular complexity index is 267. The Kier molecular flexibility index (Phi) is 1.35. The van der Waals surface area contributed by atoms with Crippen LogP contribution in [0.3, 0.4) is 0 Å². The summed E-state index contributed by atoms with van der Waals surface area (Å²) in [4.78, 5) is 10.6. The van der Waals surface area contributed by atoms with Crippen LogP contribution in [0.5, 0.6) is 0 Å². The van der Waals surface area contributed by atoms with Gasteiger partial charge in [0.2, 0.25) is 0 Å². The largest absolute Gasteiger partial charge is 0.481 e. The topological polar surface area (TPSA) is 49.3 Å². The highest BCUT2D eigenvalue weighted by molar-refractivity contribution is 5.78. The number of carboxylic acids is 1. The van der Waals surface area contributed by atoms with Gasteiger partial charge in [-0.05, 0) is 12.8 Å². The van der Waals surface area contributed by atoms with Crippen molar-refractivity contribution in [3.8, 4) is 0 Å². The van der Waals surface area contributed by atoms with E-state index in [-0.39, 0.29) is 19.4 Å². The van der Waals surface area contributed by atoms with Crippen LogP contribution in [0.25, 0.3) is 0 Å². The molecule has 2 aliphatic heterocycles. The van der Waals surface area contributed by atoms with Crippen LogP contribution in [0.1, 0.15) is 12.8 Å². The van der Waals surface area contributed by atoms with Gasteiger partial charge in [-0.15, -0.1) is 0 Å². The van der Waals surface area contributed by atoms with Gasteiger partial charge in [-0.2, -0.15) is 13.2 Å². The summed E-state index contributed by atoms with van der Waals surface area (Å²) in [6, 6.07) is 0. The number of alkyl halides is 3. The van der Waals surface area contributed by atoms with Gasteiger partial charge in [0.15, 0.2) is 0 Å². The van der Waals surface area contributed by atoms with Gasteiger partial charge in [-0.25, -0.2) is 0 Å². The smallest absolute Gasteiger partial charge is 0.406 e. The van der Waals surface area contributed by atoms with E-state index in [0.717, 1.165) is 0 Å². The van der Waals surface area contributed by atoms with E-state index in [9.17, 15) is 18.0 Å². The lowest BCUT2D eigenvalue weighted by Gasteiger charge is -2.44. The molecule has 0 unspecified atom stereocenters. The molecule has 0 spiro atoms. The number of hydrogen-bond donors (Lipinski definition) is 2. The first-order chi connectivity index (χ1) is 5.81. The number of hydrogen-bond acceptors (Lipinski definition) is 2. The molecular weight excluding hydrogens is 187 g/mol. The lowest BCUT2D eigenvalue weighted by atomic mass is 9.62. The maximum atomic E-state index is 12.4. The van der Waals surface area contributed by atoms with Gasteiger partial charge in [0.1, 0.15) is 5.54 Å². The molecule has 3 aliphatic rings. The fourth-order valence-electron chi connectivity index (χ4n) is 2.22. The van der Waals surface area contributed by atoms with Crippen molar-refractivity contribution in [3.05, 3.63) is 0 Å². The minimum absolute atomic E-state index is 0.0676. The van der Waals surface area contributed by atoms with Crippen molar-refractivity contribution < 1.29 is 23.1 Å². The molecule has 0 amide bonds. The quantitative estimate of drug-likeness (QED) is 0.649. The van der Waals surface area contributed by atoms with Crippen molar-refractivity contribution in [1.29, 1.82) is 0 Å². The van der Waals surface area contributed by atoms with Gasteiger partial charge in [0.25, 0.3) is 0 Å². The van der Waals surface area contributed by atoms with E-state index < -0.39 is 23.1 Å². The van der Waals surface area contributed by atoms with Crippen LogP contribution in [-0.2, 0) is 4.79 Å². The normalized spacial score (nSPS) is 43.0. The first-order valence-electron chi connectivity index (χ1n) is 3.87. The monoisotopic (exact) mass is 195 g/mol.